The van der Waals surface area contributed by atoms with Crippen LogP contribution in [0.25, 0.3) is 10.2 Å². The minimum absolute atomic E-state index is 0.314. The maximum atomic E-state index is 12.5. The third kappa shape index (κ3) is 5.93. The Labute approximate surface area is 198 Å². The van der Waals surface area contributed by atoms with Gasteiger partial charge >= 0.3 is 5.97 Å². The summed E-state index contributed by atoms with van der Waals surface area (Å²) in [4.78, 5) is 33.7. The van der Waals surface area contributed by atoms with E-state index >= 15 is 0 Å². The maximum Gasteiger partial charge on any atom is 0.338 e. The highest BCUT2D eigenvalue weighted by Crippen LogP contribution is 2.27. The number of fused-ring (bicyclic) bond motifs is 1. The lowest BCUT2D eigenvalue weighted by atomic mass is 10.1. The van der Waals surface area contributed by atoms with Gasteiger partial charge in [0.05, 0.1) is 20.8 Å². The molecule has 0 fully saturated rings. The Kier molecular flexibility index (Phi) is 7.51. The molecule has 6 nitrogen and oxygen atoms in total. The summed E-state index contributed by atoms with van der Waals surface area (Å²) in [6.45, 7) is 2.08. The standard InChI is InChI=1S/C23H21N3O3S3/c1-15-13-30-23(25-15)31-14-16-6-2-3-7-17(16)22(28)29-12-20(27)24-11-10-21-26-18-8-4-5-9-19(18)32-21/h2-9,13H,10-12,14H2,1H3,(H,24,27). The normalized spacial score (nSPS) is 10.9. The number of amides is 1. The molecule has 4 aromatic rings. The van der Waals surface area contributed by atoms with Gasteiger partial charge in [0, 0.05) is 29.8 Å². The molecular formula is C23H21N3O3S3. The van der Waals surface area contributed by atoms with Crippen LogP contribution in [0.1, 0.15) is 26.6 Å². The number of aromatic nitrogens is 2. The zero-order valence-electron chi connectivity index (χ0n) is 17.4. The van der Waals surface area contributed by atoms with E-state index < -0.39 is 5.97 Å². The predicted octanol–water partition coefficient (Wildman–Crippen LogP) is 4.87. The third-order valence-corrected chi connectivity index (χ3v) is 7.80. The lowest BCUT2D eigenvalue weighted by molar-refractivity contribution is -0.124. The van der Waals surface area contributed by atoms with Crippen LogP contribution >= 0.6 is 34.4 Å². The summed E-state index contributed by atoms with van der Waals surface area (Å²) in [5, 5.41) is 5.75. The minimum Gasteiger partial charge on any atom is -0.452 e. The monoisotopic (exact) mass is 483 g/mol. The maximum absolute atomic E-state index is 12.5. The molecule has 0 atom stereocenters. The van der Waals surface area contributed by atoms with Crippen molar-refractivity contribution >= 4 is 56.5 Å². The van der Waals surface area contributed by atoms with Crippen molar-refractivity contribution in [3.63, 3.8) is 0 Å². The molecule has 0 spiro atoms. The molecule has 2 heterocycles. The van der Waals surface area contributed by atoms with E-state index in [-0.39, 0.29) is 12.5 Å². The Morgan fingerprint density at radius 1 is 1.09 bits per heavy atom. The van der Waals surface area contributed by atoms with E-state index in [9.17, 15) is 9.59 Å². The number of thioether (sulfide) groups is 1. The first-order valence-corrected chi connectivity index (χ1v) is 12.7. The molecule has 0 unspecified atom stereocenters. The summed E-state index contributed by atoms with van der Waals surface area (Å²) in [7, 11) is 0. The van der Waals surface area contributed by atoms with E-state index in [1.165, 1.54) is 0 Å². The molecule has 4 rings (SSSR count). The van der Waals surface area contributed by atoms with Crippen molar-refractivity contribution in [2.24, 2.45) is 0 Å². The molecule has 164 valence electrons. The number of aryl methyl sites for hydroxylation is 1. The first-order chi connectivity index (χ1) is 15.6. The van der Waals surface area contributed by atoms with Gasteiger partial charge in [-0.1, -0.05) is 42.1 Å². The number of esters is 1. The van der Waals surface area contributed by atoms with E-state index in [4.69, 9.17) is 4.74 Å². The van der Waals surface area contributed by atoms with Crippen molar-refractivity contribution in [1.29, 1.82) is 0 Å². The van der Waals surface area contributed by atoms with Gasteiger partial charge in [-0.05, 0) is 30.7 Å². The number of carbonyl (C=O) groups excluding carboxylic acids is 2. The lowest BCUT2D eigenvalue weighted by Crippen LogP contribution is -2.30. The summed E-state index contributed by atoms with van der Waals surface area (Å²) < 4.78 is 7.34. The predicted molar refractivity (Wildman–Crippen MR) is 129 cm³/mol. The van der Waals surface area contributed by atoms with E-state index in [1.807, 2.05) is 48.7 Å². The summed E-state index contributed by atoms with van der Waals surface area (Å²) in [5.74, 6) is -0.227. The number of benzene rings is 2. The first kappa shape index (κ1) is 22.4. The van der Waals surface area contributed by atoms with Gasteiger partial charge in [-0.2, -0.15) is 0 Å². The van der Waals surface area contributed by atoms with Crippen molar-refractivity contribution in [3.05, 3.63) is 75.7 Å². The first-order valence-electron chi connectivity index (χ1n) is 9.99. The Bertz CT molecular complexity index is 1200. The molecule has 0 aliphatic heterocycles. The van der Waals surface area contributed by atoms with Gasteiger partial charge in [-0.15, -0.1) is 22.7 Å². The van der Waals surface area contributed by atoms with Crippen LogP contribution in [0, 0.1) is 6.92 Å². The molecule has 1 N–H and O–H groups in total. The van der Waals surface area contributed by atoms with Crippen LogP contribution < -0.4 is 5.32 Å². The molecular weight excluding hydrogens is 462 g/mol. The number of nitrogens with one attached hydrogen (secondary N) is 1. The van der Waals surface area contributed by atoms with E-state index in [1.54, 1.807) is 46.6 Å². The van der Waals surface area contributed by atoms with Crippen molar-refractivity contribution in [1.82, 2.24) is 15.3 Å². The molecule has 2 aromatic carbocycles. The van der Waals surface area contributed by atoms with Crippen molar-refractivity contribution < 1.29 is 14.3 Å². The highest BCUT2D eigenvalue weighted by molar-refractivity contribution is 8.00. The van der Waals surface area contributed by atoms with Crippen LogP contribution in [0.4, 0.5) is 0 Å². The highest BCUT2D eigenvalue weighted by Gasteiger charge is 2.15. The third-order valence-electron chi connectivity index (χ3n) is 4.52. The van der Waals surface area contributed by atoms with Gasteiger partial charge in [0.1, 0.15) is 4.34 Å². The Morgan fingerprint density at radius 2 is 1.91 bits per heavy atom. The smallest absolute Gasteiger partial charge is 0.338 e. The fourth-order valence-electron chi connectivity index (χ4n) is 2.98. The number of carbonyl (C=O) groups is 2. The molecule has 0 aliphatic rings. The molecule has 2 aromatic heterocycles. The Hall–Kier alpha value is -2.75. The lowest BCUT2D eigenvalue weighted by Gasteiger charge is -2.09. The molecule has 9 heteroatoms. The highest BCUT2D eigenvalue weighted by atomic mass is 32.2. The average molecular weight is 484 g/mol. The second-order valence-corrected chi connectivity index (χ2v) is 10.1. The van der Waals surface area contributed by atoms with Gasteiger partial charge in [0.25, 0.3) is 5.91 Å². The zero-order chi connectivity index (χ0) is 22.3. The van der Waals surface area contributed by atoms with E-state index in [2.05, 4.69) is 15.3 Å². The van der Waals surface area contributed by atoms with Gasteiger partial charge < -0.3 is 10.1 Å². The summed E-state index contributed by atoms with van der Waals surface area (Å²) in [5.41, 5.74) is 3.27. The average Bonchev–Trinajstić information content (AvgIpc) is 3.41. The van der Waals surface area contributed by atoms with Crippen LogP contribution in [0.3, 0.4) is 0 Å². The van der Waals surface area contributed by atoms with Gasteiger partial charge in [0.2, 0.25) is 0 Å². The molecule has 0 radical (unpaired) electrons. The summed E-state index contributed by atoms with van der Waals surface area (Å²) in [6, 6.07) is 15.2. The summed E-state index contributed by atoms with van der Waals surface area (Å²) >= 11 is 4.78. The number of thiazole rings is 2. The quantitative estimate of drug-likeness (QED) is 0.270. The number of ether oxygens (including phenoxy) is 1. The largest absolute Gasteiger partial charge is 0.452 e. The van der Waals surface area contributed by atoms with E-state index in [0.29, 0.717) is 24.3 Å². The molecule has 0 aliphatic carbocycles. The van der Waals surface area contributed by atoms with Crippen LogP contribution in [0.5, 0.6) is 0 Å². The molecule has 0 bridgehead atoms. The number of hydrogen-bond donors (Lipinski definition) is 1. The van der Waals surface area contributed by atoms with Crippen LogP contribution in [-0.2, 0) is 21.7 Å². The molecule has 1 amide bonds. The minimum atomic E-state index is -0.502. The van der Waals surface area contributed by atoms with Crippen LogP contribution in [0.2, 0.25) is 0 Å². The summed E-state index contributed by atoms with van der Waals surface area (Å²) in [6.07, 6.45) is 0.634. The van der Waals surface area contributed by atoms with Crippen molar-refractivity contribution in [3.8, 4) is 0 Å². The van der Waals surface area contributed by atoms with Crippen LogP contribution in [0.15, 0.2) is 58.3 Å². The zero-order valence-corrected chi connectivity index (χ0v) is 19.8. The van der Waals surface area contributed by atoms with Gasteiger partial charge in [0.15, 0.2) is 6.61 Å². The topological polar surface area (TPSA) is 81.2 Å². The number of para-hydroxylation sites is 1. The van der Waals surface area contributed by atoms with Crippen LogP contribution in [-0.4, -0.2) is 35.0 Å². The Morgan fingerprint density at radius 3 is 2.72 bits per heavy atom. The number of nitrogens with zero attached hydrogens (tertiary/aromatic N) is 2. The fourth-order valence-corrected chi connectivity index (χ4v) is 5.80. The Balaban J connectivity index is 1.24. The molecule has 0 saturated heterocycles. The van der Waals surface area contributed by atoms with Gasteiger partial charge in [-0.3, -0.25) is 4.79 Å². The van der Waals surface area contributed by atoms with Gasteiger partial charge in [-0.25, -0.2) is 14.8 Å². The second kappa shape index (κ2) is 10.7. The fraction of sp³-hybridized carbons (Fsp3) is 0.217. The second-order valence-electron chi connectivity index (χ2n) is 6.95. The number of rotatable bonds is 9. The van der Waals surface area contributed by atoms with Crippen molar-refractivity contribution in [2.75, 3.05) is 13.2 Å². The number of hydrogen-bond acceptors (Lipinski definition) is 8. The van der Waals surface area contributed by atoms with Crippen molar-refractivity contribution in [2.45, 2.75) is 23.4 Å². The SMILES string of the molecule is Cc1csc(SCc2ccccc2C(=O)OCC(=O)NCCc2nc3ccccc3s2)n1. The van der Waals surface area contributed by atoms with E-state index in [0.717, 1.165) is 30.8 Å². The molecule has 0 saturated carbocycles. The molecule has 32 heavy (non-hydrogen) atoms.